The molecule has 1 aliphatic rings. The van der Waals surface area contributed by atoms with Gasteiger partial charge in [0.1, 0.15) is 0 Å². The molecule has 1 fully saturated rings. The summed E-state index contributed by atoms with van der Waals surface area (Å²) in [5, 5.41) is 18.5. The van der Waals surface area contributed by atoms with Crippen LogP contribution in [0.15, 0.2) is 0 Å². The van der Waals surface area contributed by atoms with Gasteiger partial charge in [0.2, 0.25) is 5.91 Å². The maximum Gasteiger partial charge on any atom is 0.236 e. The number of rotatable bonds is 3. The molecule has 1 rings (SSSR count). The van der Waals surface area contributed by atoms with E-state index in [-0.39, 0.29) is 12.5 Å². The highest BCUT2D eigenvalue weighted by molar-refractivity contribution is 5.77. The highest BCUT2D eigenvalue weighted by atomic mass is 16.3. The largest absolute Gasteiger partial charge is 0.389 e. The predicted octanol–water partition coefficient (Wildman–Crippen LogP) is -1.50. The van der Waals surface area contributed by atoms with Gasteiger partial charge in [0.05, 0.1) is 18.8 Å². The lowest BCUT2D eigenvalue weighted by Gasteiger charge is -2.19. The minimum Gasteiger partial charge on any atom is -0.389 e. The zero-order valence-electron chi connectivity index (χ0n) is 8.68. The van der Waals surface area contributed by atoms with Crippen molar-refractivity contribution in [2.75, 3.05) is 33.2 Å². The van der Waals surface area contributed by atoms with Crippen LogP contribution < -0.4 is 0 Å². The van der Waals surface area contributed by atoms with Gasteiger partial charge >= 0.3 is 0 Å². The van der Waals surface area contributed by atoms with E-state index in [0.29, 0.717) is 19.6 Å². The summed E-state index contributed by atoms with van der Waals surface area (Å²) in [6.45, 7) is 3.62. The van der Waals surface area contributed by atoms with Crippen LogP contribution in [-0.4, -0.2) is 71.4 Å². The van der Waals surface area contributed by atoms with Gasteiger partial charge in [-0.15, -0.1) is 0 Å². The Hall–Kier alpha value is -0.650. The average Bonchev–Trinajstić information content (AvgIpc) is 2.44. The third-order valence-corrected chi connectivity index (χ3v) is 2.59. The van der Waals surface area contributed by atoms with E-state index in [0.717, 1.165) is 0 Å². The van der Waals surface area contributed by atoms with Crippen molar-refractivity contribution in [2.24, 2.45) is 0 Å². The molecular formula is C9H18N2O3. The number of aliphatic hydroxyl groups is 2. The first kappa shape index (κ1) is 11.4. The Morgan fingerprint density at radius 2 is 1.93 bits per heavy atom. The van der Waals surface area contributed by atoms with Gasteiger partial charge < -0.3 is 15.1 Å². The molecule has 0 aromatic carbocycles. The van der Waals surface area contributed by atoms with Crippen molar-refractivity contribution < 1.29 is 15.0 Å². The molecule has 1 amide bonds. The summed E-state index contributed by atoms with van der Waals surface area (Å²) in [5.41, 5.74) is 0. The lowest BCUT2D eigenvalue weighted by atomic mass is 10.3. The molecule has 1 saturated heterocycles. The molecule has 5 nitrogen and oxygen atoms in total. The Morgan fingerprint density at radius 1 is 1.43 bits per heavy atom. The molecule has 2 N–H and O–H groups in total. The molecule has 0 radical (unpaired) electrons. The number of nitrogens with zero attached hydrogens (tertiary/aromatic N) is 2. The van der Waals surface area contributed by atoms with Crippen molar-refractivity contribution >= 4 is 5.91 Å². The molecule has 0 bridgehead atoms. The first-order valence-corrected chi connectivity index (χ1v) is 4.87. The topological polar surface area (TPSA) is 64.0 Å². The summed E-state index contributed by atoms with van der Waals surface area (Å²) < 4.78 is 0. The predicted molar refractivity (Wildman–Crippen MR) is 51.8 cm³/mol. The minimum atomic E-state index is -0.713. The summed E-state index contributed by atoms with van der Waals surface area (Å²) in [4.78, 5) is 14.9. The van der Waals surface area contributed by atoms with E-state index in [9.17, 15) is 15.0 Å². The second-order valence-electron chi connectivity index (χ2n) is 3.74. The Labute approximate surface area is 83.9 Å². The third kappa shape index (κ3) is 2.67. The number of hydrogen-bond donors (Lipinski definition) is 2. The SMILES string of the molecule is CCN(C)C(=O)CN1CC(O)C(O)C1. The number of β-amino-alcohol motifs (C(OH)–C–C–N with tert-alkyl or cyclic N) is 2. The highest BCUT2D eigenvalue weighted by Gasteiger charge is 2.30. The first-order chi connectivity index (χ1) is 6.54. The molecule has 2 unspecified atom stereocenters. The van der Waals surface area contributed by atoms with E-state index in [1.165, 1.54) is 0 Å². The van der Waals surface area contributed by atoms with Crippen LogP contribution in [0.1, 0.15) is 6.92 Å². The maximum absolute atomic E-state index is 11.5. The van der Waals surface area contributed by atoms with Crippen molar-refractivity contribution in [3.05, 3.63) is 0 Å². The van der Waals surface area contributed by atoms with Crippen molar-refractivity contribution in [1.29, 1.82) is 0 Å². The molecule has 0 saturated carbocycles. The van der Waals surface area contributed by atoms with Crippen LogP contribution in [0.4, 0.5) is 0 Å². The second-order valence-corrected chi connectivity index (χ2v) is 3.74. The summed E-state index contributed by atoms with van der Waals surface area (Å²) in [5.74, 6) is 0.0220. The molecule has 0 aromatic heterocycles. The van der Waals surface area contributed by atoms with Crippen LogP contribution in [0.3, 0.4) is 0 Å². The molecule has 2 atom stereocenters. The van der Waals surface area contributed by atoms with E-state index in [4.69, 9.17) is 0 Å². The number of likely N-dealkylation sites (tertiary alicyclic amines) is 1. The molecule has 1 heterocycles. The lowest BCUT2D eigenvalue weighted by Crippen LogP contribution is -2.37. The molecule has 0 spiro atoms. The van der Waals surface area contributed by atoms with Gasteiger partial charge in [0, 0.05) is 26.7 Å². The fourth-order valence-electron chi connectivity index (χ4n) is 1.46. The van der Waals surface area contributed by atoms with Gasteiger partial charge in [-0.1, -0.05) is 0 Å². The van der Waals surface area contributed by atoms with E-state index >= 15 is 0 Å². The number of likely N-dealkylation sites (N-methyl/N-ethyl adjacent to an activating group) is 1. The molecule has 1 aliphatic heterocycles. The van der Waals surface area contributed by atoms with Gasteiger partial charge in [0.25, 0.3) is 0 Å². The number of carbonyl (C=O) groups is 1. The van der Waals surface area contributed by atoms with Crippen molar-refractivity contribution in [1.82, 2.24) is 9.80 Å². The Bertz CT molecular complexity index is 200. The summed E-state index contributed by atoms with van der Waals surface area (Å²) in [6, 6.07) is 0. The van der Waals surface area contributed by atoms with Crippen molar-refractivity contribution in [3.8, 4) is 0 Å². The van der Waals surface area contributed by atoms with E-state index in [1.807, 2.05) is 6.92 Å². The monoisotopic (exact) mass is 202 g/mol. The van der Waals surface area contributed by atoms with Gasteiger partial charge in [-0.3, -0.25) is 9.69 Å². The highest BCUT2D eigenvalue weighted by Crippen LogP contribution is 2.09. The number of amides is 1. The lowest BCUT2D eigenvalue weighted by molar-refractivity contribution is -0.130. The Morgan fingerprint density at radius 3 is 2.36 bits per heavy atom. The number of aliphatic hydroxyl groups excluding tert-OH is 2. The van der Waals surface area contributed by atoms with E-state index < -0.39 is 12.2 Å². The van der Waals surface area contributed by atoms with Crippen LogP contribution in [0.5, 0.6) is 0 Å². The van der Waals surface area contributed by atoms with Crippen LogP contribution in [0.25, 0.3) is 0 Å². The summed E-state index contributed by atoms with van der Waals surface area (Å²) in [7, 11) is 1.74. The van der Waals surface area contributed by atoms with Gasteiger partial charge in [0.15, 0.2) is 0 Å². The van der Waals surface area contributed by atoms with Crippen molar-refractivity contribution in [3.63, 3.8) is 0 Å². The van der Waals surface area contributed by atoms with Gasteiger partial charge in [-0.2, -0.15) is 0 Å². The van der Waals surface area contributed by atoms with Crippen LogP contribution in [0.2, 0.25) is 0 Å². The molecule has 5 heteroatoms. The molecular weight excluding hydrogens is 184 g/mol. The van der Waals surface area contributed by atoms with Crippen LogP contribution in [0, 0.1) is 0 Å². The van der Waals surface area contributed by atoms with Crippen molar-refractivity contribution in [2.45, 2.75) is 19.1 Å². The maximum atomic E-state index is 11.5. The van der Waals surface area contributed by atoms with Gasteiger partial charge in [-0.05, 0) is 6.92 Å². The number of carbonyl (C=O) groups excluding carboxylic acids is 1. The summed E-state index contributed by atoms with van der Waals surface area (Å²) in [6.07, 6.45) is -1.43. The van der Waals surface area contributed by atoms with Crippen LogP contribution >= 0.6 is 0 Å². The van der Waals surface area contributed by atoms with Crippen LogP contribution in [-0.2, 0) is 4.79 Å². The minimum absolute atomic E-state index is 0.0220. The van der Waals surface area contributed by atoms with Gasteiger partial charge in [-0.25, -0.2) is 0 Å². The Kier molecular flexibility index (Phi) is 3.86. The number of hydrogen-bond acceptors (Lipinski definition) is 4. The molecule has 14 heavy (non-hydrogen) atoms. The second kappa shape index (κ2) is 4.72. The quantitative estimate of drug-likeness (QED) is 0.585. The summed E-state index contributed by atoms with van der Waals surface area (Å²) >= 11 is 0. The van der Waals surface area contributed by atoms with E-state index in [1.54, 1.807) is 16.8 Å². The normalized spacial score (nSPS) is 28.0. The zero-order chi connectivity index (χ0) is 10.7. The standard InChI is InChI=1S/C9H18N2O3/c1-3-10(2)9(14)6-11-4-7(12)8(13)5-11/h7-8,12-13H,3-6H2,1-2H3. The zero-order valence-corrected chi connectivity index (χ0v) is 8.68. The van der Waals surface area contributed by atoms with E-state index in [2.05, 4.69) is 0 Å². The first-order valence-electron chi connectivity index (χ1n) is 4.87. The fraction of sp³-hybridized carbons (Fsp3) is 0.889. The third-order valence-electron chi connectivity index (χ3n) is 2.59. The molecule has 0 aliphatic carbocycles. The fourth-order valence-corrected chi connectivity index (χ4v) is 1.46. The average molecular weight is 202 g/mol. The smallest absolute Gasteiger partial charge is 0.236 e. The Balaban J connectivity index is 2.35. The molecule has 0 aromatic rings. The molecule has 82 valence electrons.